The van der Waals surface area contributed by atoms with E-state index in [-0.39, 0.29) is 41.7 Å². The monoisotopic (exact) mass is 494 g/mol. The van der Waals surface area contributed by atoms with Crippen molar-refractivity contribution in [2.24, 2.45) is 11.8 Å². The third-order valence-corrected chi connectivity index (χ3v) is 6.99. The topological polar surface area (TPSA) is 91.4 Å². The molecule has 4 atom stereocenters. The summed E-state index contributed by atoms with van der Waals surface area (Å²) in [6, 6.07) is 5.18. The number of ether oxygens (including phenoxy) is 2. The van der Waals surface area contributed by atoms with Crippen molar-refractivity contribution in [3.8, 4) is 5.75 Å². The second-order valence-electron chi connectivity index (χ2n) is 9.33. The van der Waals surface area contributed by atoms with Crippen molar-refractivity contribution in [2.45, 2.75) is 24.9 Å². The van der Waals surface area contributed by atoms with E-state index in [1.54, 1.807) is 15.9 Å². The number of nitrogens with one attached hydrogen (secondary N) is 1. The summed E-state index contributed by atoms with van der Waals surface area (Å²) >= 11 is 0. The first-order valence-electron chi connectivity index (χ1n) is 11.5. The van der Waals surface area contributed by atoms with E-state index in [2.05, 4.69) is 10.1 Å². The van der Waals surface area contributed by atoms with E-state index in [0.29, 0.717) is 51.3 Å². The van der Waals surface area contributed by atoms with Crippen LogP contribution in [-0.4, -0.2) is 90.5 Å². The number of nitrogens with zero attached hydrogens (tertiary/aromatic N) is 3. The third kappa shape index (κ3) is 5.15. The minimum Gasteiger partial charge on any atom is -0.442 e. The summed E-state index contributed by atoms with van der Waals surface area (Å²) in [6.45, 7) is 3.17. The van der Waals surface area contributed by atoms with E-state index in [9.17, 15) is 27.6 Å². The van der Waals surface area contributed by atoms with E-state index in [1.807, 2.05) is 4.90 Å². The molecule has 1 aromatic carbocycles. The molecule has 12 heteroatoms. The van der Waals surface area contributed by atoms with Gasteiger partial charge in [-0.15, -0.1) is 13.2 Å². The van der Waals surface area contributed by atoms with Crippen LogP contribution in [0.15, 0.2) is 30.3 Å². The van der Waals surface area contributed by atoms with Gasteiger partial charge in [-0.3, -0.25) is 4.79 Å². The van der Waals surface area contributed by atoms with Crippen molar-refractivity contribution in [3.63, 3.8) is 0 Å². The maximum absolute atomic E-state index is 13.0. The number of likely N-dealkylation sites (tertiary alicyclic amines) is 3. The first kappa shape index (κ1) is 23.3. The van der Waals surface area contributed by atoms with Crippen LogP contribution in [0.3, 0.4) is 0 Å². The first-order valence-corrected chi connectivity index (χ1v) is 11.5. The molecule has 4 fully saturated rings. The summed E-state index contributed by atoms with van der Waals surface area (Å²) < 4.78 is 45.9. The molecule has 1 N–H and O–H groups in total. The number of halogens is 3. The minimum atomic E-state index is -4.75. The normalized spacial score (nSPS) is 28.1. The van der Waals surface area contributed by atoms with E-state index >= 15 is 0 Å². The maximum atomic E-state index is 13.0. The van der Waals surface area contributed by atoms with Crippen molar-refractivity contribution in [1.82, 2.24) is 20.0 Å². The molecule has 5 rings (SSSR count). The van der Waals surface area contributed by atoms with Crippen LogP contribution in [0.4, 0.5) is 22.8 Å². The molecule has 0 spiro atoms. The summed E-state index contributed by atoms with van der Waals surface area (Å²) in [5.74, 6) is -0.111. The van der Waals surface area contributed by atoms with Gasteiger partial charge >= 0.3 is 18.5 Å². The van der Waals surface area contributed by atoms with Crippen molar-refractivity contribution < 1.29 is 37.0 Å². The molecule has 4 heterocycles. The molecule has 0 radical (unpaired) electrons. The highest BCUT2D eigenvalue weighted by molar-refractivity contribution is 5.92. The zero-order valence-corrected chi connectivity index (χ0v) is 18.7. The molecular weight excluding hydrogens is 469 g/mol. The van der Waals surface area contributed by atoms with Crippen LogP contribution < -0.4 is 10.1 Å². The number of urea groups is 1. The van der Waals surface area contributed by atoms with E-state index in [0.717, 1.165) is 0 Å². The quantitative estimate of drug-likeness (QED) is 0.652. The number of amides is 4. The Kier molecular flexibility index (Phi) is 5.97. The molecule has 188 valence electrons. The summed E-state index contributed by atoms with van der Waals surface area (Å²) in [6.07, 6.45) is -1.87. The number of carbonyl (C=O) groups is 3. The van der Waals surface area contributed by atoms with Crippen molar-refractivity contribution in [1.29, 1.82) is 0 Å². The Balaban J connectivity index is 1.10. The Bertz CT molecular complexity index is 1020. The van der Waals surface area contributed by atoms with Gasteiger partial charge in [0.2, 0.25) is 5.91 Å². The Labute approximate surface area is 199 Å². The van der Waals surface area contributed by atoms with Gasteiger partial charge < -0.3 is 29.5 Å². The van der Waals surface area contributed by atoms with E-state index in [4.69, 9.17) is 4.74 Å². The molecule has 4 amide bonds. The highest BCUT2D eigenvalue weighted by atomic mass is 19.4. The molecule has 0 aromatic heterocycles. The summed E-state index contributed by atoms with van der Waals surface area (Å²) in [5, 5.41) is 2.76. The Hall–Kier alpha value is -3.44. The van der Waals surface area contributed by atoms with Gasteiger partial charge in [0.05, 0.1) is 12.6 Å². The molecular formula is C23H25F3N4O5. The second-order valence-corrected chi connectivity index (χ2v) is 9.33. The molecule has 4 aliphatic rings. The Morgan fingerprint density at radius 2 is 1.66 bits per heavy atom. The number of alkyl halides is 3. The van der Waals surface area contributed by atoms with Crippen molar-refractivity contribution in [2.75, 3.05) is 39.3 Å². The molecule has 4 saturated heterocycles. The number of rotatable bonds is 3. The molecule has 4 aliphatic heterocycles. The van der Waals surface area contributed by atoms with Crippen LogP contribution in [0.2, 0.25) is 0 Å². The first-order chi connectivity index (χ1) is 16.6. The molecule has 1 aromatic rings. The van der Waals surface area contributed by atoms with Crippen molar-refractivity contribution >= 4 is 24.1 Å². The van der Waals surface area contributed by atoms with Gasteiger partial charge in [0, 0.05) is 50.6 Å². The molecule has 35 heavy (non-hydrogen) atoms. The SMILES string of the molecule is O=C1NC2CCN(C(=O)N3CC4CN(C(=O)/C=C/c5ccc(OC(F)(F)F)cc5)CC4C3)CC2O1. The highest BCUT2D eigenvalue weighted by Crippen LogP contribution is 2.32. The summed E-state index contributed by atoms with van der Waals surface area (Å²) in [7, 11) is 0. The highest BCUT2D eigenvalue weighted by Gasteiger charge is 2.45. The van der Waals surface area contributed by atoms with Gasteiger partial charge in [-0.25, -0.2) is 9.59 Å². The van der Waals surface area contributed by atoms with Crippen LogP contribution >= 0.6 is 0 Å². The number of benzene rings is 1. The third-order valence-electron chi connectivity index (χ3n) is 6.99. The Morgan fingerprint density at radius 3 is 2.31 bits per heavy atom. The summed E-state index contributed by atoms with van der Waals surface area (Å²) in [5.41, 5.74) is 0.580. The van der Waals surface area contributed by atoms with Crippen LogP contribution in [0, 0.1) is 11.8 Å². The molecule has 0 saturated carbocycles. The van der Waals surface area contributed by atoms with Gasteiger partial charge in [-0.1, -0.05) is 12.1 Å². The lowest BCUT2D eigenvalue weighted by atomic mass is 10.0. The lowest BCUT2D eigenvalue weighted by Crippen LogP contribution is -2.53. The number of hydrogen-bond donors (Lipinski definition) is 1. The zero-order chi connectivity index (χ0) is 24.7. The van der Waals surface area contributed by atoms with Gasteiger partial charge in [0.15, 0.2) is 0 Å². The zero-order valence-electron chi connectivity index (χ0n) is 18.7. The summed E-state index contributed by atoms with van der Waals surface area (Å²) in [4.78, 5) is 42.4. The van der Waals surface area contributed by atoms with Crippen LogP contribution in [0.1, 0.15) is 12.0 Å². The molecule has 4 unspecified atom stereocenters. The number of hydrogen-bond acceptors (Lipinski definition) is 5. The van der Waals surface area contributed by atoms with Gasteiger partial charge in [-0.2, -0.15) is 0 Å². The molecule has 0 aliphatic carbocycles. The maximum Gasteiger partial charge on any atom is 0.573 e. The fourth-order valence-corrected chi connectivity index (χ4v) is 5.28. The fourth-order valence-electron chi connectivity index (χ4n) is 5.28. The van der Waals surface area contributed by atoms with Gasteiger partial charge in [-0.05, 0) is 30.2 Å². The lowest BCUT2D eigenvalue weighted by molar-refractivity contribution is -0.274. The largest absolute Gasteiger partial charge is 0.573 e. The Morgan fingerprint density at radius 1 is 1.00 bits per heavy atom. The molecule has 9 nitrogen and oxygen atoms in total. The van der Waals surface area contributed by atoms with Crippen molar-refractivity contribution in [3.05, 3.63) is 35.9 Å². The predicted molar refractivity (Wildman–Crippen MR) is 116 cm³/mol. The lowest BCUT2D eigenvalue weighted by Gasteiger charge is -2.35. The smallest absolute Gasteiger partial charge is 0.442 e. The van der Waals surface area contributed by atoms with Gasteiger partial charge in [0.25, 0.3) is 0 Å². The number of piperidine rings is 1. The average molecular weight is 494 g/mol. The van der Waals surface area contributed by atoms with Gasteiger partial charge in [0.1, 0.15) is 11.9 Å². The average Bonchev–Trinajstić information content (AvgIpc) is 3.48. The van der Waals surface area contributed by atoms with E-state index < -0.39 is 12.5 Å². The van der Waals surface area contributed by atoms with E-state index in [1.165, 1.54) is 30.3 Å². The number of alkyl carbamates (subject to hydrolysis) is 1. The van der Waals surface area contributed by atoms with Crippen LogP contribution in [0.25, 0.3) is 6.08 Å². The number of fused-ring (bicyclic) bond motifs is 2. The minimum absolute atomic E-state index is 0.0386. The second kappa shape index (κ2) is 8.97. The van der Waals surface area contributed by atoms with Crippen LogP contribution in [0.5, 0.6) is 5.75 Å². The predicted octanol–water partition coefficient (Wildman–Crippen LogP) is 2.29. The number of carbonyl (C=O) groups excluding carboxylic acids is 3. The van der Waals surface area contributed by atoms with Crippen LogP contribution in [-0.2, 0) is 9.53 Å². The molecule has 0 bridgehead atoms. The fraction of sp³-hybridized carbons (Fsp3) is 0.522. The standard InChI is InChI=1S/C23H25F3N4O5/c24-23(25,26)35-17-4-1-14(2-5-17)3-6-20(31)29-9-15-11-30(12-16(15)10-29)22(33)28-8-7-18-19(13-28)34-21(32)27-18/h1-6,15-16,18-19H,7-13H2,(H,27,32)/b6-3+.